The predicted octanol–water partition coefficient (Wildman–Crippen LogP) is 2.43. The number of hydrogen-bond acceptors (Lipinski definition) is 2. The van der Waals surface area contributed by atoms with Crippen LogP contribution >= 0.6 is 0 Å². The van der Waals surface area contributed by atoms with Crippen LogP contribution in [0.25, 0.3) is 0 Å². The van der Waals surface area contributed by atoms with Crippen molar-refractivity contribution < 1.29 is 4.79 Å². The van der Waals surface area contributed by atoms with E-state index in [1.807, 2.05) is 12.1 Å². The fourth-order valence-corrected chi connectivity index (χ4v) is 2.25. The van der Waals surface area contributed by atoms with E-state index in [1.54, 1.807) is 0 Å². The summed E-state index contributed by atoms with van der Waals surface area (Å²) in [4.78, 5) is 12.3. The number of aryl methyl sites for hydroxylation is 1. The van der Waals surface area contributed by atoms with E-state index in [2.05, 4.69) is 31.3 Å². The third kappa shape index (κ3) is 2.03. The van der Waals surface area contributed by atoms with Crippen molar-refractivity contribution in [3.8, 4) is 0 Å². The minimum atomic E-state index is -0.201. The van der Waals surface area contributed by atoms with Crippen LogP contribution in [0.1, 0.15) is 36.2 Å². The van der Waals surface area contributed by atoms with Crippen LogP contribution in [0.4, 0.5) is 0 Å². The summed E-state index contributed by atoms with van der Waals surface area (Å²) in [7, 11) is 0. The Balaban J connectivity index is 2.20. The summed E-state index contributed by atoms with van der Waals surface area (Å²) in [6.07, 6.45) is 1.97. The van der Waals surface area contributed by atoms with Crippen LogP contribution in [-0.2, 0) is 6.42 Å². The monoisotopic (exact) mass is 217 g/mol. The summed E-state index contributed by atoms with van der Waals surface area (Å²) < 4.78 is 0. The number of ketones is 1. The zero-order valence-corrected chi connectivity index (χ0v) is 10.0. The Morgan fingerprint density at radius 1 is 1.38 bits per heavy atom. The van der Waals surface area contributed by atoms with Crippen LogP contribution < -0.4 is 5.32 Å². The van der Waals surface area contributed by atoms with Gasteiger partial charge in [-0.3, -0.25) is 4.79 Å². The lowest BCUT2D eigenvalue weighted by Gasteiger charge is -2.20. The summed E-state index contributed by atoms with van der Waals surface area (Å²) in [5.41, 5.74) is 1.93. The molecule has 0 bridgehead atoms. The van der Waals surface area contributed by atoms with E-state index >= 15 is 0 Å². The van der Waals surface area contributed by atoms with Gasteiger partial charge >= 0.3 is 0 Å². The summed E-state index contributed by atoms with van der Waals surface area (Å²) in [5, 5.41) is 3.27. The topological polar surface area (TPSA) is 29.1 Å². The standard InChI is InChI=1S/C14H19NO/c1-3-11-4-6-12(7-5-11)13(16)14(2)8-9-15-10-14/h4-7,15H,3,8-10H2,1-2H3. The van der Waals surface area contributed by atoms with E-state index in [1.165, 1.54) is 5.56 Å². The molecule has 1 aliphatic rings. The van der Waals surface area contributed by atoms with Crippen LogP contribution in [0.2, 0.25) is 0 Å². The molecule has 1 aromatic carbocycles. The molecule has 0 amide bonds. The molecule has 2 rings (SSSR count). The van der Waals surface area contributed by atoms with Crippen LogP contribution in [0.15, 0.2) is 24.3 Å². The summed E-state index contributed by atoms with van der Waals surface area (Å²) in [5.74, 6) is 0.278. The van der Waals surface area contributed by atoms with Crippen LogP contribution in [0.3, 0.4) is 0 Å². The zero-order chi connectivity index (χ0) is 11.6. The van der Waals surface area contributed by atoms with E-state index in [0.29, 0.717) is 0 Å². The first-order chi connectivity index (χ1) is 7.65. The van der Waals surface area contributed by atoms with E-state index in [9.17, 15) is 4.79 Å². The summed E-state index contributed by atoms with van der Waals surface area (Å²) in [6, 6.07) is 8.04. The number of benzene rings is 1. The average molecular weight is 217 g/mol. The highest BCUT2D eigenvalue weighted by Crippen LogP contribution is 2.29. The molecular formula is C14H19NO. The lowest BCUT2D eigenvalue weighted by Crippen LogP contribution is -2.30. The molecule has 1 N–H and O–H groups in total. The molecule has 0 spiro atoms. The first-order valence-corrected chi connectivity index (χ1v) is 6.00. The van der Waals surface area contributed by atoms with Gasteiger partial charge in [0.15, 0.2) is 5.78 Å². The maximum Gasteiger partial charge on any atom is 0.170 e. The molecule has 1 aromatic rings. The Labute approximate surface area is 97.1 Å². The van der Waals surface area contributed by atoms with Crippen molar-refractivity contribution in [3.63, 3.8) is 0 Å². The molecule has 86 valence electrons. The van der Waals surface area contributed by atoms with Crippen molar-refractivity contribution in [2.45, 2.75) is 26.7 Å². The fraction of sp³-hybridized carbons (Fsp3) is 0.500. The van der Waals surface area contributed by atoms with Crippen molar-refractivity contribution in [2.24, 2.45) is 5.41 Å². The highest BCUT2D eigenvalue weighted by atomic mass is 16.1. The number of hydrogen-bond donors (Lipinski definition) is 1. The second-order valence-corrected chi connectivity index (χ2v) is 4.87. The number of carbonyl (C=O) groups excluding carboxylic acids is 1. The van der Waals surface area contributed by atoms with Gasteiger partial charge in [-0.1, -0.05) is 38.1 Å². The van der Waals surface area contributed by atoms with Gasteiger partial charge in [0, 0.05) is 17.5 Å². The van der Waals surface area contributed by atoms with E-state index in [-0.39, 0.29) is 11.2 Å². The molecule has 0 aliphatic carbocycles. The van der Waals surface area contributed by atoms with E-state index in [0.717, 1.165) is 31.5 Å². The second-order valence-electron chi connectivity index (χ2n) is 4.87. The Morgan fingerprint density at radius 3 is 2.56 bits per heavy atom. The largest absolute Gasteiger partial charge is 0.316 e. The normalized spacial score (nSPS) is 24.6. The van der Waals surface area contributed by atoms with Gasteiger partial charge in [0.05, 0.1) is 0 Å². The highest BCUT2D eigenvalue weighted by molar-refractivity contribution is 6.00. The van der Waals surface area contributed by atoms with Gasteiger partial charge in [0.25, 0.3) is 0 Å². The third-order valence-corrected chi connectivity index (χ3v) is 3.54. The Morgan fingerprint density at radius 2 is 2.06 bits per heavy atom. The minimum Gasteiger partial charge on any atom is -0.316 e. The third-order valence-electron chi connectivity index (χ3n) is 3.54. The Hall–Kier alpha value is -1.15. The van der Waals surface area contributed by atoms with Gasteiger partial charge < -0.3 is 5.32 Å². The predicted molar refractivity (Wildman–Crippen MR) is 65.7 cm³/mol. The molecule has 16 heavy (non-hydrogen) atoms. The fourth-order valence-electron chi connectivity index (χ4n) is 2.25. The highest BCUT2D eigenvalue weighted by Gasteiger charge is 2.36. The zero-order valence-electron chi connectivity index (χ0n) is 10.0. The van der Waals surface area contributed by atoms with Crippen LogP contribution in [0.5, 0.6) is 0 Å². The average Bonchev–Trinajstić information content (AvgIpc) is 2.77. The molecule has 0 aromatic heterocycles. The maximum atomic E-state index is 12.3. The molecule has 1 fully saturated rings. The van der Waals surface area contributed by atoms with Crippen molar-refractivity contribution in [3.05, 3.63) is 35.4 Å². The van der Waals surface area contributed by atoms with Gasteiger partial charge in [0.2, 0.25) is 0 Å². The summed E-state index contributed by atoms with van der Waals surface area (Å²) >= 11 is 0. The van der Waals surface area contributed by atoms with Crippen molar-refractivity contribution in [2.75, 3.05) is 13.1 Å². The van der Waals surface area contributed by atoms with Crippen LogP contribution in [0, 0.1) is 5.41 Å². The molecule has 0 radical (unpaired) electrons. The van der Waals surface area contributed by atoms with Crippen molar-refractivity contribution in [1.29, 1.82) is 0 Å². The molecular weight excluding hydrogens is 198 g/mol. The molecule has 0 saturated carbocycles. The van der Waals surface area contributed by atoms with Gasteiger partial charge in [-0.05, 0) is 24.9 Å². The van der Waals surface area contributed by atoms with Gasteiger partial charge in [-0.25, -0.2) is 0 Å². The molecule has 1 heterocycles. The second kappa shape index (κ2) is 4.38. The number of carbonyl (C=O) groups is 1. The first kappa shape index (κ1) is 11.3. The van der Waals surface area contributed by atoms with Gasteiger partial charge in [0.1, 0.15) is 0 Å². The summed E-state index contributed by atoms with van der Waals surface area (Å²) in [6.45, 7) is 5.94. The molecule has 1 atom stereocenters. The Bertz CT molecular complexity index is 374. The molecule has 1 unspecified atom stereocenters. The molecule has 1 saturated heterocycles. The lowest BCUT2D eigenvalue weighted by molar-refractivity contribution is 0.0839. The molecule has 2 heteroatoms. The van der Waals surface area contributed by atoms with Gasteiger partial charge in [-0.15, -0.1) is 0 Å². The smallest absolute Gasteiger partial charge is 0.170 e. The molecule has 2 nitrogen and oxygen atoms in total. The van der Waals surface area contributed by atoms with Crippen molar-refractivity contribution >= 4 is 5.78 Å². The SMILES string of the molecule is CCc1ccc(C(=O)C2(C)CCNC2)cc1. The molecule has 1 aliphatic heterocycles. The van der Waals surface area contributed by atoms with E-state index in [4.69, 9.17) is 0 Å². The maximum absolute atomic E-state index is 12.3. The quantitative estimate of drug-likeness (QED) is 0.788. The number of Topliss-reactive ketones (excluding diaryl/α,β-unsaturated/α-hetero) is 1. The number of nitrogens with one attached hydrogen (secondary N) is 1. The lowest BCUT2D eigenvalue weighted by atomic mass is 9.81. The van der Waals surface area contributed by atoms with Crippen LogP contribution in [-0.4, -0.2) is 18.9 Å². The number of rotatable bonds is 3. The first-order valence-electron chi connectivity index (χ1n) is 6.00. The van der Waals surface area contributed by atoms with Gasteiger partial charge in [-0.2, -0.15) is 0 Å². The van der Waals surface area contributed by atoms with Crippen molar-refractivity contribution in [1.82, 2.24) is 5.32 Å². The minimum absolute atomic E-state index is 0.201. The van der Waals surface area contributed by atoms with E-state index < -0.39 is 0 Å². The Kier molecular flexibility index (Phi) is 3.10.